The second-order valence-electron chi connectivity index (χ2n) is 4.69. The molecule has 0 radical (unpaired) electrons. The summed E-state index contributed by atoms with van der Waals surface area (Å²) in [5, 5.41) is 3.37. The minimum Gasteiger partial charge on any atom is -0.369 e. The summed E-state index contributed by atoms with van der Waals surface area (Å²) in [5.41, 5.74) is 3.24. The van der Waals surface area contributed by atoms with Gasteiger partial charge in [-0.15, -0.1) is 0 Å². The van der Waals surface area contributed by atoms with Gasteiger partial charge in [-0.25, -0.2) is 9.97 Å². The van der Waals surface area contributed by atoms with E-state index < -0.39 is 0 Å². The first-order valence-electron chi connectivity index (χ1n) is 6.57. The van der Waals surface area contributed by atoms with Crippen LogP contribution in [0.3, 0.4) is 0 Å². The van der Waals surface area contributed by atoms with Gasteiger partial charge in [-0.2, -0.15) is 0 Å². The first-order valence-corrected chi connectivity index (χ1v) is 8.44. The highest BCUT2D eigenvalue weighted by molar-refractivity contribution is 14.1. The third-order valence-electron chi connectivity index (χ3n) is 2.99. The number of benzene rings is 1. The first-order chi connectivity index (χ1) is 9.52. The van der Waals surface area contributed by atoms with Gasteiger partial charge in [-0.1, -0.05) is 35.0 Å². The monoisotopic (exact) mass is 445 g/mol. The molecule has 0 aliphatic carbocycles. The van der Waals surface area contributed by atoms with Gasteiger partial charge < -0.3 is 5.32 Å². The fraction of sp³-hybridized carbons (Fsp3) is 0.333. The lowest BCUT2D eigenvalue weighted by Gasteiger charge is -2.11. The molecule has 0 aliphatic heterocycles. The van der Waals surface area contributed by atoms with E-state index in [1.807, 2.05) is 6.92 Å². The lowest BCUT2D eigenvalue weighted by atomic mass is 10.1. The maximum Gasteiger partial charge on any atom is 0.161 e. The van der Waals surface area contributed by atoms with Gasteiger partial charge in [0.05, 0.1) is 9.26 Å². The number of nitrogens with zero attached hydrogens (tertiary/aromatic N) is 2. The first kappa shape index (κ1) is 15.7. The normalized spacial score (nSPS) is 10.7. The lowest BCUT2D eigenvalue weighted by molar-refractivity contribution is 0.958. The number of hydrogen-bond acceptors (Lipinski definition) is 3. The van der Waals surface area contributed by atoms with E-state index in [1.54, 1.807) is 0 Å². The highest BCUT2D eigenvalue weighted by Crippen LogP contribution is 2.27. The molecule has 0 atom stereocenters. The van der Waals surface area contributed by atoms with Crippen LogP contribution in [0.4, 0.5) is 5.82 Å². The molecule has 20 heavy (non-hydrogen) atoms. The predicted octanol–water partition coefficient (Wildman–Crippen LogP) is 4.95. The molecule has 0 fully saturated rings. The Labute approximate surface area is 141 Å². The molecule has 5 heteroatoms. The Hall–Kier alpha value is -0.690. The van der Waals surface area contributed by atoms with E-state index in [4.69, 9.17) is 0 Å². The number of anilines is 1. The van der Waals surface area contributed by atoms with Crippen molar-refractivity contribution < 1.29 is 0 Å². The van der Waals surface area contributed by atoms with Crippen molar-refractivity contribution in [3.05, 3.63) is 37.5 Å². The van der Waals surface area contributed by atoms with Crippen molar-refractivity contribution in [2.75, 3.05) is 11.9 Å². The Bertz CT molecular complexity index is 629. The number of rotatable bonds is 4. The molecule has 2 aromatic rings. The fourth-order valence-corrected chi connectivity index (χ4v) is 2.59. The van der Waals surface area contributed by atoms with Crippen LogP contribution in [0, 0.1) is 17.4 Å². The summed E-state index contributed by atoms with van der Waals surface area (Å²) in [6, 6.07) is 6.21. The smallest absolute Gasteiger partial charge is 0.161 e. The molecule has 1 N–H and O–H groups in total. The van der Waals surface area contributed by atoms with E-state index in [-0.39, 0.29) is 0 Å². The van der Waals surface area contributed by atoms with Crippen LogP contribution in [-0.2, 0) is 0 Å². The van der Waals surface area contributed by atoms with Gasteiger partial charge in [0, 0.05) is 16.6 Å². The molecule has 1 heterocycles. The number of hydrogen-bond donors (Lipinski definition) is 1. The average molecular weight is 446 g/mol. The molecule has 0 spiro atoms. The zero-order valence-electron chi connectivity index (χ0n) is 11.8. The maximum absolute atomic E-state index is 4.66. The van der Waals surface area contributed by atoms with Crippen LogP contribution < -0.4 is 5.32 Å². The summed E-state index contributed by atoms with van der Waals surface area (Å²) in [4.78, 5) is 9.26. The third-order valence-corrected chi connectivity index (χ3v) is 5.14. The van der Waals surface area contributed by atoms with Crippen LogP contribution in [-0.4, -0.2) is 16.5 Å². The van der Waals surface area contributed by atoms with Crippen LogP contribution in [0.2, 0.25) is 0 Å². The molecule has 0 amide bonds. The SMILES string of the molecule is CCCNc1nc(-c2ccc(C)c(Br)c2)nc(C)c1I. The van der Waals surface area contributed by atoms with Crippen LogP contribution in [0.1, 0.15) is 24.6 Å². The molecule has 0 bridgehead atoms. The summed E-state index contributed by atoms with van der Waals surface area (Å²) in [6.45, 7) is 7.16. The largest absolute Gasteiger partial charge is 0.369 e. The van der Waals surface area contributed by atoms with Gasteiger partial charge in [-0.3, -0.25) is 0 Å². The number of aromatic nitrogens is 2. The Morgan fingerprint density at radius 1 is 1.25 bits per heavy atom. The van der Waals surface area contributed by atoms with Crippen LogP contribution in [0.15, 0.2) is 22.7 Å². The van der Waals surface area contributed by atoms with E-state index in [2.05, 4.69) is 85.9 Å². The predicted molar refractivity (Wildman–Crippen MR) is 96.1 cm³/mol. The van der Waals surface area contributed by atoms with Crippen LogP contribution in [0.5, 0.6) is 0 Å². The second kappa shape index (κ2) is 6.85. The molecule has 0 saturated heterocycles. The van der Waals surface area contributed by atoms with Gasteiger partial charge in [0.15, 0.2) is 5.82 Å². The molecule has 0 unspecified atom stereocenters. The van der Waals surface area contributed by atoms with Crippen LogP contribution in [0.25, 0.3) is 11.4 Å². The maximum atomic E-state index is 4.66. The zero-order valence-corrected chi connectivity index (χ0v) is 15.5. The molecule has 0 saturated carbocycles. The van der Waals surface area contributed by atoms with Gasteiger partial charge in [0.2, 0.25) is 0 Å². The van der Waals surface area contributed by atoms with E-state index >= 15 is 0 Å². The molecule has 106 valence electrons. The molecule has 1 aromatic carbocycles. The molecule has 3 nitrogen and oxygen atoms in total. The summed E-state index contributed by atoms with van der Waals surface area (Å²) in [5.74, 6) is 1.69. The lowest BCUT2D eigenvalue weighted by Crippen LogP contribution is -2.07. The Morgan fingerprint density at radius 3 is 2.65 bits per heavy atom. The Kier molecular flexibility index (Phi) is 5.37. The molecule has 0 aliphatic rings. The number of aryl methyl sites for hydroxylation is 2. The van der Waals surface area contributed by atoms with E-state index in [0.29, 0.717) is 0 Å². The summed E-state index contributed by atoms with van der Waals surface area (Å²) >= 11 is 5.86. The quantitative estimate of drug-likeness (QED) is 0.676. The van der Waals surface area contributed by atoms with Crippen molar-refractivity contribution in [1.82, 2.24) is 9.97 Å². The average Bonchev–Trinajstić information content (AvgIpc) is 2.43. The number of halogens is 2. The summed E-state index contributed by atoms with van der Waals surface area (Å²) < 4.78 is 2.17. The standard InChI is InChI=1S/C15H17BrIN3/c1-4-7-18-15-13(17)10(3)19-14(20-15)11-6-5-9(2)12(16)8-11/h5-6,8H,4,7H2,1-3H3,(H,18,19,20). The highest BCUT2D eigenvalue weighted by atomic mass is 127. The van der Waals surface area contributed by atoms with E-state index in [0.717, 1.165) is 43.9 Å². The van der Waals surface area contributed by atoms with Gasteiger partial charge in [0.1, 0.15) is 5.82 Å². The van der Waals surface area contributed by atoms with Gasteiger partial charge >= 0.3 is 0 Å². The topological polar surface area (TPSA) is 37.8 Å². The van der Waals surface area contributed by atoms with Gasteiger partial charge in [0.25, 0.3) is 0 Å². The van der Waals surface area contributed by atoms with Crippen molar-refractivity contribution in [2.45, 2.75) is 27.2 Å². The van der Waals surface area contributed by atoms with Crippen molar-refractivity contribution in [2.24, 2.45) is 0 Å². The minimum absolute atomic E-state index is 0.766. The van der Waals surface area contributed by atoms with Crippen LogP contribution >= 0.6 is 38.5 Å². The highest BCUT2D eigenvalue weighted by Gasteiger charge is 2.11. The minimum atomic E-state index is 0.766. The summed E-state index contributed by atoms with van der Waals surface area (Å²) in [6.07, 6.45) is 1.07. The molecule has 2 rings (SSSR count). The Morgan fingerprint density at radius 2 is 2.00 bits per heavy atom. The number of nitrogens with one attached hydrogen (secondary N) is 1. The van der Waals surface area contributed by atoms with Crippen molar-refractivity contribution in [1.29, 1.82) is 0 Å². The third kappa shape index (κ3) is 3.49. The van der Waals surface area contributed by atoms with Crippen molar-refractivity contribution in [3.8, 4) is 11.4 Å². The molecule has 1 aromatic heterocycles. The van der Waals surface area contributed by atoms with Crippen molar-refractivity contribution in [3.63, 3.8) is 0 Å². The van der Waals surface area contributed by atoms with Crippen molar-refractivity contribution >= 4 is 44.3 Å². The summed E-state index contributed by atoms with van der Waals surface area (Å²) in [7, 11) is 0. The fourth-order valence-electron chi connectivity index (χ4n) is 1.78. The second-order valence-corrected chi connectivity index (χ2v) is 6.62. The molecular weight excluding hydrogens is 429 g/mol. The Balaban J connectivity index is 2.45. The van der Waals surface area contributed by atoms with E-state index in [1.165, 1.54) is 5.56 Å². The van der Waals surface area contributed by atoms with Gasteiger partial charge in [-0.05, 0) is 54.5 Å². The zero-order chi connectivity index (χ0) is 14.7. The molecular formula is C15H17BrIN3. The van der Waals surface area contributed by atoms with E-state index in [9.17, 15) is 0 Å².